The van der Waals surface area contributed by atoms with E-state index >= 15 is 0 Å². The van der Waals surface area contributed by atoms with Crippen LogP contribution in [0.25, 0.3) is 0 Å². The zero-order valence-electron chi connectivity index (χ0n) is 20.5. The average molecular weight is 484 g/mol. The standard InChI is InChI=1S/C25H42ClN3O4/c1-18(2)23(30)22(16-27-3)28-24(31)29-13-8-10-20(17-29)25(32,12-5-6-14-33-4)19-9-7-11-21(26)15-19/h7,9,11,15,18,20,22-23,27,30,32H,5-6,8,10,12-14,16-17H2,1-4H3,(H,28,31)/t20-,22-,23-,25-/m1/s1. The number of nitrogens with one attached hydrogen (secondary N) is 2. The molecule has 0 unspecified atom stereocenters. The van der Waals surface area contributed by atoms with E-state index in [-0.39, 0.29) is 23.9 Å². The minimum absolute atomic E-state index is 0.0257. The summed E-state index contributed by atoms with van der Waals surface area (Å²) in [6.07, 6.45) is 3.23. The molecule has 0 spiro atoms. The van der Waals surface area contributed by atoms with E-state index in [0.29, 0.717) is 37.7 Å². The molecule has 8 heteroatoms. The average Bonchev–Trinajstić information content (AvgIpc) is 2.81. The number of nitrogens with zero attached hydrogens (tertiary/aromatic N) is 1. The lowest BCUT2D eigenvalue weighted by molar-refractivity contribution is -0.0566. The highest BCUT2D eigenvalue weighted by Gasteiger charge is 2.41. The second-order valence-corrected chi connectivity index (χ2v) is 9.95. The lowest BCUT2D eigenvalue weighted by Gasteiger charge is -2.43. The molecule has 188 valence electrons. The Morgan fingerprint density at radius 1 is 1.36 bits per heavy atom. The van der Waals surface area contributed by atoms with Crippen molar-refractivity contribution in [3.8, 4) is 0 Å². The number of likely N-dealkylation sites (tertiary alicyclic amines) is 1. The fourth-order valence-corrected chi connectivity index (χ4v) is 4.92. The number of hydrogen-bond acceptors (Lipinski definition) is 5. The van der Waals surface area contributed by atoms with Gasteiger partial charge in [0, 0.05) is 44.3 Å². The number of unbranched alkanes of at least 4 members (excludes halogenated alkanes) is 1. The molecule has 1 heterocycles. The fraction of sp³-hybridized carbons (Fsp3) is 0.720. The first-order chi connectivity index (χ1) is 15.7. The molecule has 1 aromatic carbocycles. The number of rotatable bonds is 12. The van der Waals surface area contributed by atoms with Gasteiger partial charge < -0.3 is 30.5 Å². The van der Waals surface area contributed by atoms with Crippen LogP contribution in [0.15, 0.2) is 24.3 Å². The molecule has 33 heavy (non-hydrogen) atoms. The fourth-order valence-electron chi connectivity index (χ4n) is 4.73. The number of ether oxygens (including phenoxy) is 1. The molecule has 0 aromatic heterocycles. The van der Waals surface area contributed by atoms with Crippen molar-refractivity contribution < 1.29 is 19.7 Å². The highest BCUT2D eigenvalue weighted by molar-refractivity contribution is 6.30. The van der Waals surface area contributed by atoms with E-state index in [0.717, 1.165) is 31.2 Å². The number of aliphatic hydroxyl groups excluding tert-OH is 1. The first-order valence-electron chi connectivity index (χ1n) is 12.1. The predicted octanol–water partition coefficient (Wildman–Crippen LogP) is 3.37. The highest BCUT2D eigenvalue weighted by atomic mass is 35.5. The van der Waals surface area contributed by atoms with Gasteiger partial charge in [0.05, 0.1) is 17.7 Å². The van der Waals surface area contributed by atoms with Gasteiger partial charge >= 0.3 is 6.03 Å². The van der Waals surface area contributed by atoms with Crippen LogP contribution in [-0.4, -0.2) is 73.7 Å². The molecule has 1 fully saturated rings. The quantitative estimate of drug-likeness (QED) is 0.342. The molecule has 1 saturated heterocycles. The van der Waals surface area contributed by atoms with Gasteiger partial charge in [-0.3, -0.25) is 0 Å². The van der Waals surface area contributed by atoms with Gasteiger partial charge in [-0.2, -0.15) is 0 Å². The largest absolute Gasteiger partial charge is 0.391 e. The molecule has 4 N–H and O–H groups in total. The molecule has 2 rings (SSSR count). The highest BCUT2D eigenvalue weighted by Crippen LogP contribution is 2.40. The first kappa shape index (κ1) is 27.9. The van der Waals surface area contributed by atoms with E-state index in [4.69, 9.17) is 16.3 Å². The number of carbonyl (C=O) groups is 1. The summed E-state index contributed by atoms with van der Waals surface area (Å²) in [5.41, 5.74) is -0.290. The topological polar surface area (TPSA) is 94.1 Å². The molecule has 7 nitrogen and oxygen atoms in total. The molecular formula is C25H42ClN3O4. The number of methoxy groups -OCH3 is 1. The zero-order valence-corrected chi connectivity index (χ0v) is 21.3. The third-order valence-electron chi connectivity index (χ3n) is 6.69. The van der Waals surface area contributed by atoms with Crippen LogP contribution in [0.1, 0.15) is 51.5 Å². The van der Waals surface area contributed by atoms with Crippen LogP contribution in [0.4, 0.5) is 4.79 Å². The Morgan fingerprint density at radius 3 is 2.76 bits per heavy atom. The van der Waals surface area contributed by atoms with Crippen LogP contribution in [0, 0.1) is 11.8 Å². The summed E-state index contributed by atoms with van der Waals surface area (Å²) >= 11 is 6.26. The molecular weight excluding hydrogens is 442 g/mol. The van der Waals surface area contributed by atoms with E-state index in [1.54, 1.807) is 25.1 Å². The van der Waals surface area contributed by atoms with E-state index in [1.165, 1.54) is 0 Å². The Balaban J connectivity index is 2.17. The van der Waals surface area contributed by atoms with E-state index in [2.05, 4.69) is 10.6 Å². The number of aliphatic hydroxyl groups is 2. The number of likely N-dealkylation sites (N-methyl/N-ethyl adjacent to an activating group) is 1. The van der Waals surface area contributed by atoms with Crippen molar-refractivity contribution in [3.63, 3.8) is 0 Å². The van der Waals surface area contributed by atoms with Gasteiger partial charge in [-0.15, -0.1) is 0 Å². The second-order valence-electron chi connectivity index (χ2n) is 9.52. The summed E-state index contributed by atoms with van der Waals surface area (Å²) in [4.78, 5) is 14.9. The zero-order chi connectivity index (χ0) is 24.4. The maximum atomic E-state index is 13.1. The lowest BCUT2D eigenvalue weighted by atomic mass is 9.74. The molecule has 1 aliphatic heterocycles. The van der Waals surface area contributed by atoms with Crippen molar-refractivity contribution in [3.05, 3.63) is 34.9 Å². The SMILES string of the molecule is CNC[C@@H](NC(=O)N1CCC[C@@H]([C@@](O)(CCCCOC)c2cccc(Cl)c2)C1)[C@H](O)C(C)C. The summed E-state index contributed by atoms with van der Waals surface area (Å²) < 4.78 is 5.18. The third-order valence-corrected chi connectivity index (χ3v) is 6.93. The van der Waals surface area contributed by atoms with Gasteiger partial charge in [-0.25, -0.2) is 4.79 Å². The van der Waals surface area contributed by atoms with Gasteiger partial charge in [0.2, 0.25) is 0 Å². The number of halogens is 1. The summed E-state index contributed by atoms with van der Waals surface area (Å²) in [5, 5.41) is 29.1. The van der Waals surface area contributed by atoms with Crippen LogP contribution in [0.3, 0.4) is 0 Å². The number of amides is 2. The number of piperidine rings is 1. The van der Waals surface area contributed by atoms with Crippen LogP contribution in [0.5, 0.6) is 0 Å². The van der Waals surface area contributed by atoms with E-state index < -0.39 is 11.7 Å². The molecule has 1 aromatic rings. The smallest absolute Gasteiger partial charge is 0.317 e. The predicted molar refractivity (Wildman–Crippen MR) is 132 cm³/mol. The van der Waals surface area contributed by atoms with Gasteiger partial charge in [0.15, 0.2) is 0 Å². The molecule has 0 radical (unpaired) electrons. The first-order valence-corrected chi connectivity index (χ1v) is 12.5. The third kappa shape index (κ3) is 7.82. The van der Waals surface area contributed by atoms with Crippen molar-refractivity contribution in [2.75, 3.05) is 40.4 Å². The Hall–Kier alpha value is -1.38. The lowest BCUT2D eigenvalue weighted by Crippen LogP contribution is -2.57. The summed E-state index contributed by atoms with van der Waals surface area (Å²) in [7, 11) is 3.48. The molecule has 0 aliphatic carbocycles. The number of urea groups is 1. The summed E-state index contributed by atoms with van der Waals surface area (Å²) in [6.45, 7) is 6.07. The van der Waals surface area contributed by atoms with Gasteiger partial charge in [-0.1, -0.05) is 37.6 Å². The Morgan fingerprint density at radius 2 is 2.12 bits per heavy atom. The minimum atomic E-state index is -1.08. The Kier molecular flexibility index (Phi) is 11.4. The molecule has 0 bridgehead atoms. The van der Waals surface area contributed by atoms with Gasteiger partial charge in [-0.05, 0) is 62.8 Å². The van der Waals surface area contributed by atoms with Gasteiger partial charge in [0.1, 0.15) is 0 Å². The van der Waals surface area contributed by atoms with Crippen LogP contribution in [0.2, 0.25) is 5.02 Å². The van der Waals surface area contributed by atoms with Crippen molar-refractivity contribution in [1.82, 2.24) is 15.5 Å². The molecule has 2 amide bonds. The number of hydrogen-bond donors (Lipinski definition) is 4. The molecule has 4 atom stereocenters. The van der Waals surface area contributed by atoms with E-state index in [9.17, 15) is 15.0 Å². The second kappa shape index (κ2) is 13.5. The van der Waals surface area contributed by atoms with Crippen molar-refractivity contribution in [2.24, 2.45) is 11.8 Å². The van der Waals surface area contributed by atoms with Crippen molar-refractivity contribution in [2.45, 2.75) is 63.7 Å². The van der Waals surface area contributed by atoms with Crippen molar-refractivity contribution in [1.29, 1.82) is 0 Å². The normalized spacial score (nSPS) is 20.4. The number of benzene rings is 1. The molecule has 1 aliphatic rings. The van der Waals surface area contributed by atoms with Crippen molar-refractivity contribution >= 4 is 17.6 Å². The Bertz CT molecular complexity index is 735. The van der Waals surface area contributed by atoms with Crippen LogP contribution < -0.4 is 10.6 Å². The Labute approximate surface area is 203 Å². The van der Waals surface area contributed by atoms with Crippen LogP contribution >= 0.6 is 11.6 Å². The maximum Gasteiger partial charge on any atom is 0.317 e. The van der Waals surface area contributed by atoms with Gasteiger partial charge in [0.25, 0.3) is 0 Å². The minimum Gasteiger partial charge on any atom is -0.391 e. The number of carbonyl (C=O) groups excluding carboxylic acids is 1. The summed E-state index contributed by atoms with van der Waals surface area (Å²) in [6, 6.07) is 6.83. The molecule has 0 saturated carbocycles. The maximum absolute atomic E-state index is 13.1. The summed E-state index contributed by atoms with van der Waals surface area (Å²) in [5.74, 6) is -0.0893. The van der Waals surface area contributed by atoms with Crippen LogP contribution in [-0.2, 0) is 10.3 Å². The monoisotopic (exact) mass is 483 g/mol. The van der Waals surface area contributed by atoms with E-state index in [1.807, 2.05) is 32.0 Å².